The molecule has 0 spiro atoms. The highest BCUT2D eigenvalue weighted by Gasteiger charge is 2.32. The summed E-state index contributed by atoms with van der Waals surface area (Å²) in [6, 6.07) is -0.727. The van der Waals surface area contributed by atoms with Crippen LogP contribution in [0, 0.1) is 5.92 Å². The minimum absolute atomic E-state index is 0. The maximum Gasteiger partial charge on any atom is 0.322 e. The third-order valence-corrected chi connectivity index (χ3v) is 5.40. The molecule has 0 aromatic rings. The summed E-state index contributed by atoms with van der Waals surface area (Å²) >= 11 is 0. The first-order valence-electron chi connectivity index (χ1n) is 6.42. The van der Waals surface area contributed by atoms with Gasteiger partial charge in [-0.15, -0.1) is 24.8 Å². The summed E-state index contributed by atoms with van der Waals surface area (Å²) in [7, 11) is -3.23. The van der Waals surface area contributed by atoms with E-state index in [1.165, 1.54) is 4.31 Å². The summed E-state index contributed by atoms with van der Waals surface area (Å²) in [5.41, 5.74) is 5.44. The molecule has 1 aliphatic rings. The van der Waals surface area contributed by atoms with E-state index in [1.54, 1.807) is 4.90 Å². The van der Waals surface area contributed by atoms with E-state index in [0.29, 0.717) is 26.2 Å². The van der Waals surface area contributed by atoms with E-state index >= 15 is 0 Å². The molecule has 0 aromatic carbocycles. The van der Waals surface area contributed by atoms with Crippen LogP contribution in [0.3, 0.4) is 0 Å². The molecule has 3 N–H and O–H groups in total. The fourth-order valence-corrected chi connectivity index (χ4v) is 4.00. The number of piperazine rings is 1. The number of carboxylic acids is 1. The van der Waals surface area contributed by atoms with Crippen molar-refractivity contribution in [1.82, 2.24) is 9.21 Å². The lowest BCUT2D eigenvalue weighted by Gasteiger charge is -2.36. The van der Waals surface area contributed by atoms with Crippen LogP contribution in [0.4, 0.5) is 0 Å². The Balaban J connectivity index is 0. The molecule has 0 aliphatic carbocycles. The lowest BCUT2D eigenvalue weighted by atomic mass is 10.2. The van der Waals surface area contributed by atoms with Gasteiger partial charge in [-0.2, -0.15) is 4.31 Å². The molecule has 1 rings (SSSR count). The van der Waals surface area contributed by atoms with Crippen molar-refractivity contribution in [3.05, 3.63) is 0 Å². The zero-order valence-electron chi connectivity index (χ0n) is 12.3. The van der Waals surface area contributed by atoms with Gasteiger partial charge < -0.3 is 10.8 Å². The predicted molar refractivity (Wildman–Crippen MR) is 86.7 cm³/mol. The fraction of sp³-hybridized carbons (Fsp3) is 0.909. The van der Waals surface area contributed by atoms with E-state index in [9.17, 15) is 13.2 Å². The van der Waals surface area contributed by atoms with Gasteiger partial charge in [0.15, 0.2) is 0 Å². The number of sulfonamides is 1. The van der Waals surface area contributed by atoms with Gasteiger partial charge in [0.1, 0.15) is 6.04 Å². The van der Waals surface area contributed by atoms with Crippen molar-refractivity contribution in [3.8, 4) is 0 Å². The Morgan fingerprint density at radius 2 is 1.67 bits per heavy atom. The summed E-state index contributed by atoms with van der Waals surface area (Å²) in [5.74, 6) is -0.744. The zero-order chi connectivity index (χ0) is 14.6. The van der Waals surface area contributed by atoms with Gasteiger partial charge in [-0.25, -0.2) is 8.42 Å². The van der Waals surface area contributed by atoms with Crippen molar-refractivity contribution in [2.75, 3.05) is 38.5 Å². The van der Waals surface area contributed by atoms with E-state index in [1.807, 2.05) is 13.8 Å². The average Bonchev–Trinajstić information content (AvgIpc) is 2.28. The van der Waals surface area contributed by atoms with Gasteiger partial charge in [0.2, 0.25) is 10.0 Å². The maximum absolute atomic E-state index is 12.0. The Morgan fingerprint density at radius 1 is 1.19 bits per heavy atom. The van der Waals surface area contributed by atoms with Gasteiger partial charge in [0.25, 0.3) is 0 Å². The Morgan fingerprint density at radius 3 is 2.00 bits per heavy atom. The molecule has 0 bridgehead atoms. The van der Waals surface area contributed by atoms with Crippen molar-refractivity contribution in [1.29, 1.82) is 0 Å². The number of hydrogen-bond acceptors (Lipinski definition) is 5. The molecule has 0 saturated carbocycles. The summed E-state index contributed by atoms with van der Waals surface area (Å²) in [6.45, 7) is 5.24. The Labute approximate surface area is 138 Å². The standard InChI is InChI=1S/C11H23N3O4S.2ClH/c1-9(2)8-19(17,18)14-5-3-13(4-6-14)10(7-12)11(15)16;;/h9-10H,3-8,12H2,1-2H3,(H,15,16);2*1H. The number of aliphatic carboxylic acids is 1. The molecule has 0 radical (unpaired) electrons. The van der Waals surface area contributed by atoms with Gasteiger partial charge in [-0.1, -0.05) is 13.8 Å². The second kappa shape index (κ2) is 9.81. The van der Waals surface area contributed by atoms with Crippen LogP contribution < -0.4 is 5.73 Å². The SMILES string of the molecule is CC(C)CS(=O)(=O)N1CCN(C(CN)C(=O)O)CC1.Cl.Cl. The van der Waals surface area contributed by atoms with Crippen molar-refractivity contribution in [3.63, 3.8) is 0 Å². The number of rotatable bonds is 6. The van der Waals surface area contributed by atoms with Crippen LogP contribution in [0.5, 0.6) is 0 Å². The second-order valence-electron chi connectivity index (χ2n) is 5.20. The predicted octanol–water partition coefficient (Wildman–Crippen LogP) is -0.155. The largest absolute Gasteiger partial charge is 0.480 e. The molecule has 21 heavy (non-hydrogen) atoms. The zero-order valence-corrected chi connectivity index (χ0v) is 14.7. The number of hydrogen-bond donors (Lipinski definition) is 2. The van der Waals surface area contributed by atoms with Crippen molar-refractivity contribution in [2.45, 2.75) is 19.9 Å². The van der Waals surface area contributed by atoms with Crippen LogP contribution in [0.1, 0.15) is 13.8 Å². The van der Waals surface area contributed by atoms with Crippen molar-refractivity contribution < 1.29 is 18.3 Å². The molecule has 1 heterocycles. The van der Waals surface area contributed by atoms with Crippen LogP contribution in [0.2, 0.25) is 0 Å². The smallest absolute Gasteiger partial charge is 0.322 e. The highest BCUT2D eigenvalue weighted by atomic mass is 35.5. The number of carbonyl (C=O) groups is 1. The summed E-state index contributed by atoms with van der Waals surface area (Å²) < 4.78 is 25.5. The van der Waals surface area contributed by atoms with E-state index in [-0.39, 0.29) is 43.0 Å². The van der Waals surface area contributed by atoms with Gasteiger partial charge in [-0.3, -0.25) is 9.69 Å². The monoisotopic (exact) mass is 365 g/mol. The molecular weight excluding hydrogens is 341 g/mol. The highest BCUT2D eigenvalue weighted by molar-refractivity contribution is 7.89. The number of carboxylic acid groups (broad SMARTS) is 1. The molecule has 1 fully saturated rings. The van der Waals surface area contributed by atoms with E-state index in [0.717, 1.165) is 0 Å². The average molecular weight is 366 g/mol. The van der Waals surface area contributed by atoms with Gasteiger partial charge in [0.05, 0.1) is 5.75 Å². The van der Waals surface area contributed by atoms with E-state index < -0.39 is 22.0 Å². The second-order valence-corrected chi connectivity index (χ2v) is 7.21. The summed E-state index contributed by atoms with van der Waals surface area (Å²) in [5, 5.41) is 9.02. The molecule has 1 atom stereocenters. The van der Waals surface area contributed by atoms with Crippen LogP contribution >= 0.6 is 24.8 Å². The molecule has 0 aromatic heterocycles. The van der Waals surface area contributed by atoms with Gasteiger partial charge >= 0.3 is 5.97 Å². The van der Waals surface area contributed by atoms with E-state index in [4.69, 9.17) is 10.8 Å². The first-order valence-corrected chi connectivity index (χ1v) is 8.03. The van der Waals surface area contributed by atoms with Crippen LogP contribution in [-0.2, 0) is 14.8 Å². The summed E-state index contributed by atoms with van der Waals surface area (Å²) in [4.78, 5) is 12.7. The molecular formula is C11H25Cl2N3O4S. The Bertz CT molecular complexity index is 412. The first-order chi connectivity index (χ1) is 8.77. The normalized spacial score (nSPS) is 18.7. The quantitative estimate of drug-likeness (QED) is 0.677. The minimum atomic E-state index is -3.23. The highest BCUT2D eigenvalue weighted by Crippen LogP contribution is 2.13. The molecule has 7 nitrogen and oxygen atoms in total. The third kappa shape index (κ3) is 6.66. The lowest BCUT2D eigenvalue weighted by molar-refractivity contribution is -0.143. The molecule has 1 saturated heterocycles. The molecule has 10 heteroatoms. The summed E-state index contributed by atoms with van der Waals surface area (Å²) in [6.07, 6.45) is 0. The molecule has 1 unspecified atom stereocenters. The van der Waals surface area contributed by atoms with Gasteiger partial charge in [0, 0.05) is 32.7 Å². The minimum Gasteiger partial charge on any atom is -0.480 e. The number of nitrogens with two attached hydrogens (primary N) is 1. The first kappa shape index (κ1) is 23.2. The van der Waals surface area contributed by atoms with Crippen molar-refractivity contribution >= 4 is 40.8 Å². The maximum atomic E-state index is 12.0. The Kier molecular flexibility index (Phi) is 10.8. The number of halogens is 2. The van der Waals surface area contributed by atoms with Crippen molar-refractivity contribution in [2.24, 2.45) is 11.7 Å². The number of nitrogens with zero attached hydrogens (tertiary/aromatic N) is 2. The van der Waals surface area contributed by atoms with Crippen LogP contribution in [0.15, 0.2) is 0 Å². The molecule has 1 aliphatic heterocycles. The fourth-order valence-electron chi connectivity index (χ4n) is 2.23. The van der Waals surface area contributed by atoms with Gasteiger partial charge in [-0.05, 0) is 5.92 Å². The topological polar surface area (TPSA) is 104 Å². The lowest BCUT2D eigenvalue weighted by Crippen LogP contribution is -2.56. The van der Waals surface area contributed by atoms with E-state index in [2.05, 4.69) is 0 Å². The molecule has 0 amide bonds. The Hall–Kier alpha value is -0.120. The van der Waals surface area contributed by atoms with Crippen LogP contribution in [-0.4, -0.2) is 73.2 Å². The third-order valence-electron chi connectivity index (χ3n) is 3.16. The molecule has 128 valence electrons. The van der Waals surface area contributed by atoms with Crippen LogP contribution in [0.25, 0.3) is 0 Å².